The SMILES string of the molecule is CC(=O)[C@H]1CCCCN1C(=O)c1ccc(Cl)cc1. The second-order valence-corrected chi connectivity index (χ2v) is 5.06. The third kappa shape index (κ3) is 2.72. The Hall–Kier alpha value is -1.35. The molecule has 1 atom stereocenters. The van der Waals surface area contributed by atoms with Gasteiger partial charge in [-0.3, -0.25) is 9.59 Å². The lowest BCUT2D eigenvalue weighted by Crippen LogP contribution is -2.47. The lowest BCUT2D eigenvalue weighted by molar-refractivity contribution is -0.122. The van der Waals surface area contributed by atoms with Gasteiger partial charge in [-0.05, 0) is 50.5 Å². The van der Waals surface area contributed by atoms with Crippen LogP contribution in [0.25, 0.3) is 0 Å². The summed E-state index contributed by atoms with van der Waals surface area (Å²) in [6.45, 7) is 2.21. The van der Waals surface area contributed by atoms with Gasteiger partial charge >= 0.3 is 0 Å². The summed E-state index contributed by atoms with van der Waals surface area (Å²) in [7, 11) is 0. The van der Waals surface area contributed by atoms with Crippen LogP contribution in [-0.2, 0) is 4.79 Å². The average molecular weight is 266 g/mol. The third-order valence-electron chi connectivity index (χ3n) is 3.32. The Morgan fingerprint density at radius 1 is 1.22 bits per heavy atom. The number of Topliss-reactive ketones (excluding diaryl/α,β-unsaturated/α-hetero) is 1. The quantitative estimate of drug-likeness (QED) is 0.825. The lowest BCUT2D eigenvalue weighted by atomic mass is 9.98. The van der Waals surface area contributed by atoms with Crippen LogP contribution in [0.15, 0.2) is 24.3 Å². The number of nitrogens with zero attached hydrogens (tertiary/aromatic N) is 1. The highest BCUT2D eigenvalue weighted by Gasteiger charge is 2.30. The summed E-state index contributed by atoms with van der Waals surface area (Å²) in [6, 6.07) is 6.54. The number of hydrogen-bond acceptors (Lipinski definition) is 2. The molecule has 0 N–H and O–H groups in total. The molecule has 1 fully saturated rings. The first-order valence-electron chi connectivity index (χ1n) is 6.16. The van der Waals surface area contributed by atoms with Crippen LogP contribution in [0, 0.1) is 0 Å². The zero-order chi connectivity index (χ0) is 13.1. The van der Waals surface area contributed by atoms with Crippen molar-refractivity contribution in [1.29, 1.82) is 0 Å². The summed E-state index contributed by atoms with van der Waals surface area (Å²) >= 11 is 5.80. The number of amides is 1. The third-order valence-corrected chi connectivity index (χ3v) is 3.58. The highest BCUT2D eigenvalue weighted by atomic mass is 35.5. The van der Waals surface area contributed by atoms with Gasteiger partial charge in [0.05, 0.1) is 6.04 Å². The molecule has 18 heavy (non-hydrogen) atoms. The van der Waals surface area contributed by atoms with Crippen LogP contribution >= 0.6 is 11.6 Å². The molecule has 3 nitrogen and oxygen atoms in total. The maximum atomic E-state index is 12.4. The number of rotatable bonds is 2. The van der Waals surface area contributed by atoms with E-state index in [0.29, 0.717) is 17.1 Å². The van der Waals surface area contributed by atoms with Crippen LogP contribution in [0.5, 0.6) is 0 Å². The molecule has 0 aliphatic carbocycles. The Kier molecular flexibility index (Phi) is 4.02. The van der Waals surface area contributed by atoms with Crippen LogP contribution in [0.1, 0.15) is 36.5 Å². The summed E-state index contributed by atoms with van der Waals surface area (Å²) in [5.74, 6) is -0.0106. The van der Waals surface area contributed by atoms with E-state index in [1.807, 2.05) is 0 Å². The van der Waals surface area contributed by atoms with E-state index >= 15 is 0 Å². The smallest absolute Gasteiger partial charge is 0.254 e. The van der Waals surface area contributed by atoms with Gasteiger partial charge in [0, 0.05) is 17.1 Å². The second-order valence-electron chi connectivity index (χ2n) is 4.63. The predicted octanol–water partition coefficient (Wildman–Crippen LogP) is 2.92. The minimum absolute atomic E-state index is 0.0667. The second kappa shape index (κ2) is 5.53. The fourth-order valence-corrected chi connectivity index (χ4v) is 2.48. The van der Waals surface area contributed by atoms with Crippen molar-refractivity contribution in [3.63, 3.8) is 0 Å². The van der Waals surface area contributed by atoms with Gasteiger partial charge in [-0.25, -0.2) is 0 Å². The average Bonchev–Trinajstić information content (AvgIpc) is 2.39. The van der Waals surface area contributed by atoms with Crippen molar-refractivity contribution in [2.24, 2.45) is 0 Å². The van der Waals surface area contributed by atoms with Crippen molar-refractivity contribution in [1.82, 2.24) is 4.90 Å². The fraction of sp³-hybridized carbons (Fsp3) is 0.429. The van der Waals surface area contributed by atoms with Gasteiger partial charge in [0.2, 0.25) is 0 Å². The van der Waals surface area contributed by atoms with Crippen LogP contribution in [-0.4, -0.2) is 29.2 Å². The molecule has 1 aliphatic rings. The van der Waals surface area contributed by atoms with Crippen molar-refractivity contribution >= 4 is 23.3 Å². The van der Waals surface area contributed by atoms with Gasteiger partial charge in [0.15, 0.2) is 5.78 Å². The number of hydrogen-bond donors (Lipinski definition) is 0. The van der Waals surface area contributed by atoms with E-state index in [0.717, 1.165) is 19.3 Å². The predicted molar refractivity (Wildman–Crippen MR) is 70.8 cm³/mol. The van der Waals surface area contributed by atoms with E-state index in [9.17, 15) is 9.59 Å². The zero-order valence-corrected chi connectivity index (χ0v) is 11.1. The Morgan fingerprint density at radius 3 is 2.50 bits per heavy atom. The van der Waals surface area contributed by atoms with E-state index in [1.54, 1.807) is 36.1 Å². The van der Waals surface area contributed by atoms with Gasteiger partial charge in [0.1, 0.15) is 0 Å². The summed E-state index contributed by atoms with van der Waals surface area (Å²) < 4.78 is 0. The molecule has 1 aromatic carbocycles. The summed E-state index contributed by atoms with van der Waals surface area (Å²) in [5, 5.41) is 0.605. The molecule has 1 amide bonds. The molecule has 0 aromatic heterocycles. The maximum absolute atomic E-state index is 12.4. The first-order chi connectivity index (χ1) is 8.59. The molecule has 1 aliphatic heterocycles. The number of halogens is 1. The molecule has 2 rings (SSSR count). The normalized spacial score (nSPS) is 19.7. The van der Waals surface area contributed by atoms with Crippen LogP contribution in [0.2, 0.25) is 5.02 Å². The van der Waals surface area contributed by atoms with Crippen molar-refractivity contribution in [2.45, 2.75) is 32.2 Å². The Balaban J connectivity index is 2.20. The molecular formula is C14H16ClNO2. The number of carbonyl (C=O) groups is 2. The molecule has 0 saturated carbocycles. The number of likely N-dealkylation sites (tertiary alicyclic amines) is 1. The lowest BCUT2D eigenvalue weighted by Gasteiger charge is -2.34. The maximum Gasteiger partial charge on any atom is 0.254 e. The van der Waals surface area contributed by atoms with Gasteiger partial charge in [-0.1, -0.05) is 11.6 Å². The topological polar surface area (TPSA) is 37.4 Å². The van der Waals surface area contributed by atoms with Crippen LogP contribution in [0.4, 0.5) is 0 Å². The van der Waals surface area contributed by atoms with Crippen LogP contribution < -0.4 is 0 Å². The highest BCUT2D eigenvalue weighted by molar-refractivity contribution is 6.30. The minimum atomic E-state index is -0.262. The largest absolute Gasteiger partial charge is 0.329 e. The molecule has 1 aromatic rings. The molecule has 0 radical (unpaired) electrons. The number of carbonyl (C=O) groups excluding carboxylic acids is 2. The van der Waals surface area contributed by atoms with Gasteiger partial charge in [-0.2, -0.15) is 0 Å². The van der Waals surface area contributed by atoms with Gasteiger partial charge in [0.25, 0.3) is 5.91 Å². The molecule has 0 unspecified atom stereocenters. The first kappa shape index (κ1) is 13.1. The van der Waals surface area contributed by atoms with Gasteiger partial charge in [-0.15, -0.1) is 0 Å². The Morgan fingerprint density at radius 2 is 1.89 bits per heavy atom. The molecule has 4 heteroatoms. The molecule has 96 valence electrons. The zero-order valence-electron chi connectivity index (χ0n) is 10.4. The number of benzene rings is 1. The van der Waals surface area contributed by atoms with Crippen molar-refractivity contribution in [2.75, 3.05) is 6.54 Å². The van der Waals surface area contributed by atoms with E-state index in [4.69, 9.17) is 11.6 Å². The summed E-state index contributed by atoms with van der Waals surface area (Å²) in [4.78, 5) is 25.6. The van der Waals surface area contributed by atoms with E-state index in [2.05, 4.69) is 0 Å². The van der Waals surface area contributed by atoms with E-state index < -0.39 is 0 Å². The fourth-order valence-electron chi connectivity index (χ4n) is 2.36. The monoisotopic (exact) mass is 265 g/mol. The van der Waals surface area contributed by atoms with Crippen molar-refractivity contribution in [3.8, 4) is 0 Å². The Labute approximate surface area is 112 Å². The Bertz CT molecular complexity index is 455. The van der Waals surface area contributed by atoms with Crippen LogP contribution in [0.3, 0.4) is 0 Å². The molecule has 0 spiro atoms. The summed E-state index contributed by atoms with van der Waals surface area (Å²) in [5.41, 5.74) is 0.590. The van der Waals surface area contributed by atoms with E-state index in [1.165, 1.54) is 0 Å². The minimum Gasteiger partial charge on any atom is -0.329 e. The number of piperidine rings is 1. The van der Waals surface area contributed by atoms with Crippen molar-refractivity contribution < 1.29 is 9.59 Å². The summed E-state index contributed by atoms with van der Waals surface area (Å²) in [6.07, 6.45) is 2.74. The molecule has 1 heterocycles. The van der Waals surface area contributed by atoms with Crippen molar-refractivity contribution in [3.05, 3.63) is 34.9 Å². The van der Waals surface area contributed by atoms with E-state index in [-0.39, 0.29) is 17.7 Å². The molecular weight excluding hydrogens is 250 g/mol. The van der Waals surface area contributed by atoms with Gasteiger partial charge < -0.3 is 4.90 Å². The molecule has 0 bridgehead atoms. The highest BCUT2D eigenvalue weighted by Crippen LogP contribution is 2.21. The number of ketones is 1. The first-order valence-corrected chi connectivity index (χ1v) is 6.54. The molecule has 1 saturated heterocycles. The standard InChI is InChI=1S/C14H16ClNO2/c1-10(17)13-4-2-3-9-16(13)14(18)11-5-7-12(15)8-6-11/h5-8,13H,2-4,9H2,1H3/t13-/m1/s1.